The highest BCUT2D eigenvalue weighted by molar-refractivity contribution is 6.54. The molecular weight excluding hydrogens is 913 g/mol. The maximum Gasteiger partial charge on any atom is 0.234 e. The second kappa shape index (κ2) is 18.2. The summed E-state index contributed by atoms with van der Waals surface area (Å²) in [6, 6.07) is 15.8. The molecule has 12 heteroatoms. The van der Waals surface area contributed by atoms with E-state index in [9.17, 15) is 38.4 Å². The first-order valence-electron chi connectivity index (χ1n) is 24.3. The monoisotopic (exact) mass is 968 g/mol. The van der Waals surface area contributed by atoms with Crippen molar-refractivity contribution in [3.05, 3.63) is 160 Å². The van der Waals surface area contributed by atoms with Crippen molar-refractivity contribution in [2.75, 3.05) is 26.4 Å². The molecular formula is C60H56O12. The zero-order valence-electron chi connectivity index (χ0n) is 42.7. The quantitative estimate of drug-likeness (QED) is 0.153. The highest BCUT2D eigenvalue weighted by atomic mass is 16.5. The lowest BCUT2D eigenvalue weighted by atomic mass is 9.79. The molecule has 0 amide bonds. The molecule has 0 N–H and O–H groups in total. The van der Waals surface area contributed by atoms with Crippen molar-refractivity contribution in [1.29, 1.82) is 0 Å². The van der Waals surface area contributed by atoms with E-state index in [4.69, 9.17) is 18.9 Å². The van der Waals surface area contributed by atoms with Gasteiger partial charge < -0.3 is 18.9 Å². The van der Waals surface area contributed by atoms with Crippen molar-refractivity contribution in [2.45, 2.75) is 107 Å². The third-order valence-corrected chi connectivity index (χ3v) is 15.2. The molecule has 4 aromatic rings. The van der Waals surface area contributed by atoms with Crippen LogP contribution in [0.15, 0.2) is 70.8 Å². The SMILES string of the molecule is CC1=C2OC[C@H](C)c3ccc(C)c(c32)C(=O)C1=O.CC1=C2OC[C@H](C)c3ccc(C)c(c32)C(=O)C1=O.CC1=C2OC[C@H](C)c3ccc(C)c(c32)C(=O)C1=O.CC1=C2OC[C@H](C)c3ccc(C)c(c32)C(=O)C1=O. The van der Waals surface area contributed by atoms with Gasteiger partial charge in [0.1, 0.15) is 23.0 Å². The summed E-state index contributed by atoms with van der Waals surface area (Å²) in [7, 11) is 0. The van der Waals surface area contributed by atoms with Crippen LogP contribution in [0.1, 0.15) is 187 Å². The van der Waals surface area contributed by atoms with Gasteiger partial charge in [-0.15, -0.1) is 0 Å². The number of ketones is 8. The molecule has 0 bridgehead atoms. The first-order chi connectivity index (χ1) is 34.1. The van der Waals surface area contributed by atoms with Gasteiger partial charge in [-0.25, -0.2) is 0 Å². The Hall–Kier alpha value is -7.60. The number of hydrogen-bond donors (Lipinski definition) is 0. The molecule has 8 aliphatic rings. The lowest BCUT2D eigenvalue weighted by molar-refractivity contribution is -0.112. The van der Waals surface area contributed by atoms with Crippen LogP contribution in [0.25, 0.3) is 23.0 Å². The van der Waals surface area contributed by atoms with Crippen LogP contribution in [0.3, 0.4) is 0 Å². The Bertz CT molecular complexity index is 2940. The van der Waals surface area contributed by atoms with Crippen LogP contribution in [0.2, 0.25) is 0 Å². The minimum atomic E-state index is -0.438. The molecule has 12 nitrogen and oxygen atoms in total. The second-order valence-corrected chi connectivity index (χ2v) is 20.2. The van der Waals surface area contributed by atoms with Gasteiger partial charge in [-0.05, 0) is 99.9 Å². The smallest absolute Gasteiger partial charge is 0.234 e. The zero-order valence-corrected chi connectivity index (χ0v) is 42.7. The number of allylic oxidation sites excluding steroid dienone is 4. The van der Waals surface area contributed by atoms with Gasteiger partial charge >= 0.3 is 0 Å². The van der Waals surface area contributed by atoms with Gasteiger partial charge in [0.2, 0.25) is 46.3 Å². The van der Waals surface area contributed by atoms with Crippen LogP contribution in [-0.4, -0.2) is 72.7 Å². The van der Waals surface area contributed by atoms with Crippen LogP contribution in [0, 0.1) is 27.7 Å². The Morgan fingerprint density at radius 1 is 0.278 bits per heavy atom. The molecule has 0 radical (unpaired) electrons. The Kier molecular flexibility index (Phi) is 12.5. The number of hydrogen-bond acceptors (Lipinski definition) is 12. The summed E-state index contributed by atoms with van der Waals surface area (Å²) < 4.78 is 22.8. The predicted octanol–water partition coefficient (Wildman–Crippen LogP) is 10.5. The van der Waals surface area contributed by atoms with Crippen LogP contribution in [0.5, 0.6) is 0 Å². The summed E-state index contributed by atoms with van der Waals surface area (Å²) in [5.41, 5.74) is 15.1. The molecule has 0 saturated carbocycles. The molecule has 4 atom stereocenters. The van der Waals surface area contributed by atoms with E-state index in [-0.39, 0.29) is 23.7 Å². The minimum absolute atomic E-state index is 0.247. The van der Waals surface area contributed by atoms with E-state index in [0.717, 1.165) is 66.8 Å². The van der Waals surface area contributed by atoms with E-state index in [2.05, 4.69) is 27.7 Å². The molecule has 12 rings (SSSR count). The topological polar surface area (TPSA) is 173 Å². The molecule has 0 fully saturated rings. The lowest BCUT2D eigenvalue weighted by Gasteiger charge is -2.31. The van der Waals surface area contributed by atoms with E-state index in [1.54, 1.807) is 27.7 Å². The normalized spacial score (nSPS) is 21.8. The fraction of sp³-hybridized carbons (Fsp3) is 0.333. The summed E-state index contributed by atoms with van der Waals surface area (Å²) >= 11 is 0. The highest BCUT2D eigenvalue weighted by Gasteiger charge is 2.41. The van der Waals surface area contributed by atoms with Crippen molar-refractivity contribution >= 4 is 69.3 Å². The fourth-order valence-corrected chi connectivity index (χ4v) is 10.9. The number of rotatable bonds is 0. The Labute approximate surface area is 418 Å². The lowest BCUT2D eigenvalue weighted by Crippen LogP contribution is -2.29. The maximum atomic E-state index is 12.2. The van der Waals surface area contributed by atoms with Crippen LogP contribution < -0.4 is 0 Å². The number of benzene rings is 4. The molecule has 0 unspecified atom stereocenters. The maximum absolute atomic E-state index is 12.2. The first kappa shape index (κ1) is 49.4. The van der Waals surface area contributed by atoms with Crippen molar-refractivity contribution in [3.8, 4) is 0 Å². The van der Waals surface area contributed by atoms with E-state index in [0.29, 0.717) is 94.0 Å². The summed E-state index contributed by atoms with van der Waals surface area (Å²) in [5, 5.41) is 0. The van der Waals surface area contributed by atoms with Crippen LogP contribution in [-0.2, 0) is 38.1 Å². The summed E-state index contributed by atoms with van der Waals surface area (Å²) in [5.74, 6) is 0.0515. The number of aryl methyl sites for hydroxylation is 4. The van der Waals surface area contributed by atoms with Gasteiger partial charge in [-0.3, -0.25) is 38.4 Å². The van der Waals surface area contributed by atoms with Crippen molar-refractivity contribution in [3.63, 3.8) is 0 Å². The standard InChI is InChI=1S/4C15H14O3/c4*1-7-4-5-10-8(2)6-18-15-9(3)13(16)14(17)11(7)12(10)15/h4*4-5,8H,6H2,1-3H3/t4*8-/m0000/s1. The highest BCUT2D eigenvalue weighted by Crippen LogP contribution is 2.45. The Balaban J connectivity index is 0.000000119. The third-order valence-electron chi connectivity index (χ3n) is 15.2. The predicted molar refractivity (Wildman–Crippen MR) is 270 cm³/mol. The van der Waals surface area contributed by atoms with Crippen molar-refractivity contribution < 1.29 is 57.3 Å². The van der Waals surface area contributed by atoms with Gasteiger partial charge in [0.25, 0.3) is 0 Å². The number of Topliss-reactive ketones (excluding diaryl/α,β-unsaturated/α-hetero) is 8. The minimum Gasteiger partial charge on any atom is -0.492 e. The first-order valence-corrected chi connectivity index (χ1v) is 24.3. The van der Waals surface area contributed by atoms with E-state index >= 15 is 0 Å². The summed E-state index contributed by atoms with van der Waals surface area (Å²) in [6.07, 6.45) is 0. The molecule has 368 valence electrons. The Morgan fingerprint density at radius 3 is 0.639 bits per heavy atom. The van der Waals surface area contributed by atoms with Crippen molar-refractivity contribution in [1.82, 2.24) is 0 Å². The number of carbonyl (C=O) groups excluding carboxylic acids is 8. The van der Waals surface area contributed by atoms with Crippen LogP contribution >= 0.6 is 0 Å². The molecule has 4 heterocycles. The molecule has 0 spiro atoms. The largest absolute Gasteiger partial charge is 0.492 e. The summed E-state index contributed by atoms with van der Waals surface area (Å²) in [6.45, 7) is 24.6. The fourth-order valence-electron chi connectivity index (χ4n) is 10.9. The summed E-state index contributed by atoms with van der Waals surface area (Å²) in [4.78, 5) is 96.4. The van der Waals surface area contributed by atoms with Gasteiger partial charge in [-0.1, -0.05) is 76.2 Å². The Morgan fingerprint density at radius 2 is 0.458 bits per heavy atom. The molecule has 4 aliphatic heterocycles. The van der Waals surface area contributed by atoms with E-state index in [1.165, 1.54) is 0 Å². The second-order valence-electron chi connectivity index (χ2n) is 20.2. The average molecular weight is 969 g/mol. The van der Waals surface area contributed by atoms with Gasteiger partial charge in [0.15, 0.2) is 0 Å². The van der Waals surface area contributed by atoms with Gasteiger partial charge in [0, 0.05) is 90.5 Å². The molecule has 0 aromatic heterocycles. The molecule has 4 aliphatic carbocycles. The zero-order chi connectivity index (χ0) is 52.1. The number of carbonyl (C=O) groups is 8. The van der Waals surface area contributed by atoms with Crippen LogP contribution in [0.4, 0.5) is 0 Å². The third kappa shape index (κ3) is 7.56. The molecule has 0 saturated heterocycles. The average Bonchev–Trinajstić information content (AvgIpc) is 3.35. The van der Waals surface area contributed by atoms with Crippen molar-refractivity contribution in [2.24, 2.45) is 0 Å². The molecule has 72 heavy (non-hydrogen) atoms. The van der Waals surface area contributed by atoms with E-state index in [1.807, 2.05) is 76.2 Å². The number of ether oxygens (including phenoxy) is 4. The van der Waals surface area contributed by atoms with Gasteiger partial charge in [-0.2, -0.15) is 0 Å². The van der Waals surface area contributed by atoms with E-state index < -0.39 is 46.3 Å². The van der Waals surface area contributed by atoms with Gasteiger partial charge in [0.05, 0.1) is 26.4 Å². The molecule has 4 aromatic carbocycles.